The number of hydrogen-bond acceptors (Lipinski definition) is 6. The minimum Gasteiger partial charge on any atom is -0.508 e. The number of ether oxygens (including phenoxy) is 1. The summed E-state index contributed by atoms with van der Waals surface area (Å²) in [7, 11) is 0. The van der Waals surface area contributed by atoms with Gasteiger partial charge in [-0.15, -0.1) is 0 Å². The van der Waals surface area contributed by atoms with Gasteiger partial charge in [-0.05, 0) is 31.2 Å². The monoisotopic (exact) mass is 330 g/mol. The first kappa shape index (κ1) is 16.9. The Kier molecular flexibility index (Phi) is 5.10. The molecule has 0 aliphatic carbocycles. The minimum atomic E-state index is -1.18. The van der Waals surface area contributed by atoms with Gasteiger partial charge in [0.2, 0.25) is 0 Å². The van der Waals surface area contributed by atoms with E-state index in [1.807, 2.05) is 0 Å². The molecule has 8 nitrogen and oxygen atoms in total. The van der Waals surface area contributed by atoms with Gasteiger partial charge in [-0.25, -0.2) is 4.79 Å². The van der Waals surface area contributed by atoms with Crippen molar-refractivity contribution >= 4 is 23.3 Å². The number of phenolic OH excluding ortho intramolecular Hbond substituents is 1. The van der Waals surface area contributed by atoms with E-state index in [1.54, 1.807) is 0 Å². The van der Waals surface area contributed by atoms with Gasteiger partial charge in [0.05, 0.1) is 10.5 Å². The molecule has 0 heterocycles. The Balaban J connectivity index is 2.05. The Bertz CT molecular complexity index is 790. The van der Waals surface area contributed by atoms with Gasteiger partial charge in [-0.1, -0.05) is 18.2 Å². The first-order valence-electron chi connectivity index (χ1n) is 6.93. The summed E-state index contributed by atoms with van der Waals surface area (Å²) in [4.78, 5) is 34.3. The molecule has 0 unspecified atom stereocenters. The maximum Gasteiger partial charge on any atom is 0.339 e. The van der Waals surface area contributed by atoms with Crippen molar-refractivity contribution in [3.63, 3.8) is 0 Å². The van der Waals surface area contributed by atoms with Gasteiger partial charge in [0.1, 0.15) is 11.4 Å². The summed E-state index contributed by atoms with van der Waals surface area (Å²) in [6, 6.07) is 11.1. The summed E-state index contributed by atoms with van der Waals surface area (Å²) in [5.41, 5.74) is -0.176. The van der Waals surface area contributed by atoms with Crippen molar-refractivity contribution in [2.24, 2.45) is 0 Å². The number of para-hydroxylation sites is 2. The Morgan fingerprint density at radius 3 is 2.58 bits per heavy atom. The highest BCUT2D eigenvalue weighted by molar-refractivity contribution is 5.98. The van der Waals surface area contributed by atoms with Gasteiger partial charge in [-0.2, -0.15) is 0 Å². The van der Waals surface area contributed by atoms with Gasteiger partial charge in [0, 0.05) is 6.07 Å². The molecule has 2 aromatic carbocycles. The van der Waals surface area contributed by atoms with E-state index < -0.39 is 22.9 Å². The van der Waals surface area contributed by atoms with Gasteiger partial charge >= 0.3 is 5.97 Å². The number of phenols is 1. The van der Waals surface area contributed by atoms with Crippen LogP contribution in [0.1, 0.15) is 17.3 Å². The fraction of sp³-hybridized carbons (Fsp3) is 0.125. The Hall–Kier alpha value is -3.42. The SMILES string of the molecule is C[C@@H](OC(=O)c1cccc(O)c1)C(=O)Nc1ccccc1[N+](=O)[O-]. The lowest BCUT2D eigenvalue weighted by Crippen LogP contribution is -2.30. The Morgan fingerprint density at radius 1 is 1.21 bits per heavy atom. The van der Waals surface area contributed by atoms with Crippen LogP contribution in [0, 0.1) is 10.1 Å². The van der Waals surface area contributed by atoms with Crippen LogP contribution in [-0.2, 0) is 9.53 Å². The molecule has 124 valence electrons. The highest BCUT2D eigenvalue weighted by atomic mass is 16.6. The number of nitrogens with zero attached hydrogens (tertiary/aromatic N) is 1. The number of nitrogens with one attached hydrogen (secondary N) is 1. The molecule has 0 spiro atoms. The number of nitro groups is 1. The molecule has 0 bridgehead atoms. The van der Waals surface area contributed by atoms with E-state index in [9.17, 15) is 24.8 Å². The molecule has 0 aliphatic rings. The number of nitro benzene ring substituents is 1. The number of esters is 1. The fourth-order valence-corrected chi connectivity index (χ4v) is 1.89. The average Bonchev–Trinajstić information content (AvgIpc) is 2.55. The average molecular weight is 330 g/mol. The molecule has 24 heavy (non-hydrogen) atoms. The van der Waals surface area contributed by atoms with Crippen LogP contribution in [0.4, 0.5) is 11.4 Å². The van der Waals surface area contributed by atoms with Crippen LogP contribution in [0.3, 0.4) is 0 Å². The maximum absolute atomic E-state index is 12.1. The minimum absolute atomic E-state index is 0.00718. The summed E-state index contributed by atoms with van der Waals surface area (Å²) < 4.78 is 4.99. The van der Waals surface area contributed by atoms with E-state index in [4.69, 9.17) is 4.74 Å². The van der Waals surface area contributed by atoms with E-state index in [0.29, 0.717) is 0 Å². The van der Waals surface area contributed by atoms with Crippen LogP contribution in [-0.4, -0.2) is 28.0 Å². The Morgan fingerprint density at radius 2 is 1.92 bits per heavy atom. The molecule has 1 amide bonds. The molecule has 0 saturated heterocycles. The van der Waals surface area contributed by atoms with Crippen molar-refractivity contribution in [2.75, 3.05) is 5.32 Å². The van der Waals surface area contributed by atoms with Crippen LogP contribution < -0.4 is 5.32 Å². The predicted molar refractivity (Wildman–Crippen MR) is 84.7 cm³/mol. The van der Waals surface area contributed by atoms with Crippen LogP contribution in [0.15, 0.2) is 48.5 Å². The normalized spacial score (nSPS) is 11.4. The second-order valence-electron chi connectivity index (χ2n) is 4.86. The van der Waals surface area contributed by atoms with Gasteiger partial charge in [0.25, 0.3) is 11.6 Å². The number of carbonyl (C=O) groups is 2. The fourth-order valence-electron chi connectivity index (χ4n) is 1.89. The second-order valence-corrected chi connectivity index (χ2v) is 4.86. The molecular weight excluding hydrogens is 316 g/mol. The smallest absolute Gasteiger partial charge is 0.339 e. The summed E-state index contributed by atoms with van der Waals surface area (Å²) in [6.07, 6.45) is -1.18. The summed E-state index contributed by atoms with van der Waals surface area (Å²) in [5, 5.41) is 22.6. The van der Waals surface area contributed by atoms with E-state index >= 15 is 0 Å². The molecule has 8 heteroatoms. The number of carbonyl (C=O) groups excluding carboxylic acids is 2. The molecule has 2 rings (SSSR count). The topological polar surface area (TPSA) is 119 Å². The molecule has 0 aromatic heterocycles. The van der Waals surface area contributed by atoms with Gasteiger partial charge in [0.15, 0.2) is 6.10 Å². The van der Waals surface area contributed by atoms with E-state index in [1.165, 1.54) is 55.5 Å². The third-order valence-electron chi connectivity index (χ3n) is 3.09. The highest BCUT2D eigenvalue weighted by Gasteiger charge is 2.22. The first-order valence-corrected chi connectivity index (χ1v) is 6.93. The zero-order valence-electron chi connectivity index (χ0n) is 12.6. The maximum atomic E-state index is 12.1. The summed E-state index contributed by atoms with van der Waals surface area (Å²) >= 11 is 0. The first-order chi connectivity index (χ1) is 11.4. The van der Waals surface area contributed by atoms with Crippen molar-refractivity contribution in [3.05, 3.63) is 64.2 Å². The lowest BCUT2D eigenvalue weighted by molar-refractivity contribution is -0.383. The number of amides is 1. The zero-order valence-corrected chi connectivity index (χ0v) is 12.6. The molecule has 1 atom stereocenters. The quantitative estimate of drug-likeness (QED) is 0.494. The number of aromatic hydroxyl groups is 1. The van der Waals surface area contributed by atoms with E-state index in [-0.39, 0.29) is 22.7 Å². The van der Waals surface area contributed by atoms with Crippen molar-refractivity contribution in [3.8, 4) is 5.75 Å². The van der Waals surface area contributed by atoms with Gasteiger partial charge < -0.3 is 15.2 Å². The molecule has 2 N–H and O–H groups in total. The zero-order chi connectivity index (χ0) is 17.7. The third kappa shape index (κ3) is 4.07. The van der Waals surface area contributed by atoms with Crippen molar-refractivity contribution in [1.82, 2.24) is 0 Å². The van der Waals surface area contributed by atoms with Gasteiger partial charge in [-0.3, -0.25) is 14.9 Å². The standard InChI is InChI=1S/C16H14N2O6/c1-10(24-16(21)11-5-4-6-12(19)9-11)15(20)17-13-7-2-3-8-14(13)18(22)23/h2-10,19H,1H3,(H,17,20)/t10-/m1/s1. The van der Waals surface area contributed by atoms with E-state index in [2.05, 4.69) is 5.32 Å². The highest BCUT2D eigenvalue weighted by Crippen LogP contribution is 2.23. The van der Waals surface area contributed by atoms with Crippen LogP contribution in [0.5, 0.6) is 5.75 Å². The third-order valence-corrected chi connectivity index (χ3v) is 3.09. The van der Waals surface area contributed by atoms with Crippen molar-refractivity contribution in [1.29, 1.82) is 0 Å². The number of anilines is 1. The molecule has 0 radical (unpaired) electrons. The largest absolute Gasteiger partial charge is 0.508 e. The van der Waals surface area contributed by atoms with Crippen LogP contribution in [0.2, 0.25) is 0 Å². The molecular formula is C16H14N2O6. The van der Waals surface area contributed by atoms with Crippen molar-refractivity contribution in [2.45, 2.75) is 13.0 Å². The summed E-state index contributed by atoms with van der Waals surface area (Å²) in [6.45, 7) is 1.34. The molecule has 2 aromatic rings. The molecule has 0 fully saturated rings. The van der Waals surface area contributed by atoms with E-state index in [0.717, 1.165) is 0 Å². The number of rotatable bonds is 5. The van der Waals surface area contributed by atoms with Crippen LogP contribution in [0.25, 0.3) is 0 Å². The predicted octanol–water partition coefficient (Wildman–Crippen LogP) is 2.48. The number of hydrogen-bond donors (Lipinski definition) is 2. The number of benzene rings is 2. The summed E-state index contributed by atoms with van der Waals surface area (Å²) in [5.74, 6) is -1.62. The Labute approximate surface area is 136 Å². The van der Waals surface area contributed by atoms with Crippen LogP contribution >= 0.6 is 0 Å². The molecule has 0 saturated carbocycles. The lowest BCUT2D eigenvalue weighted by Gasteiger charge is -2.13. The van der Waals surface area contributed by atoms with Crippen molar-refractivity contribution < 1.29 is 24.4 Å². The lowest BCUT2D eigenvalue weighted by atomic mass is 10.2. The molecule has 0 aliphatic heterocycles. The second kappa shape index (κ2) is 7.23.